The van der Waals surface area contributed by atoms with E-state index in [0.717, 1.165) is 22.3 Å². The molecule has 1 atom stereocenters. The fourth-order valence-corrected chi connectivity index (χ4v) is 2.33. The molecule has 0 aliphatic heterocycles. The molecule has 4 nitrogen and oxygen atoms in total. The van der Waals surface area contributed by atoms with Crippen LogP contribution in [0.25, 0.3) is 10.9 Å². The SMILES string of the molecule is COCC(Nc1nc2ccccc2cc1C(N)=S)C(C)C. The average molecular weight is 303 g/mol. The summed E-state index contributed by atoms with van der Waals surface area (Å²) in [6, 6.07) is 10.1. The Morgan fingerprint density at radius 2 is 2.10 bits per heavy atom. The third-order valence-corrected chi connectivity index (χ3v) is 3.68. The Morgan fingerprint density at radius 1 is 1.38 bits per heavy atom. The van der Waals surface area contributed by atoms with Gasteiger partial charge < -0.3 is 15.8 Å². The summed E-state index contributed by atoms with van der Waals surface area (Å²) in [6.45, 7) is 4.87. The van der Waals surface area contributed by atoms with Crippen molar-refractivity contribution in [2.75, 3.05) is 19.0 Å². The molecule has 0 saturated heterocycles. The molecule has 112 valence electrons. The van der Waals surface area contributed by atoms with Gasteiger partial charge >= 0.3 is 0 Å². The number of nitrogens with two attached hydrogens (primary N) is 1. The predicted molar refractivity (Wildman–Crippen MR) is 91.8 cm³/mol. The first kappa shape index (κ1) is 15.7. The Kier molecular flexibility index (Phi) is 5.09. The number of pyridine rings is 1. The number of rotatable bonds is 6. The van der Waals surface area contributed by atoms with E-state index in [1.807, 2.05) is 30.3 Å². The molecule has 5 heteroatoms. The van der Waals surface area contributed by atoms with Gasteiger partial charge in [0.05, 0.1) is 23.7 Å². The van der Waals surface area contributed by atoms with Crippen LogP contribution in [0.15, 0.2) is 30.3 Å². The number of methoxy groups -OCH3 is 1. The van der Waals surface area contributed by atoms with Gasteiger partial charge in [-0.3, -0.25) is 0 Å². The van der Waals surface area contributed by atoms with Crippen molar-refractivity contribution in [3.8, 4) is 0 Å². The molecule has 3 N–H and O–H groups in total. The van der Waals surface area contributed by atoms with Crippen molar-refractivity contribution >= 4 is 33.9 Å². The van der Waals surface area contributed by atoms with E-state index >= 15 is 0 Å². The highest BCUT2D eigenvalue weighted by molar-refractivity contribution is 7.80. The molecule has 2 rings (SSSR count). The molecule has 1 heterocycles. The number of hydrogen-bond acceptors (Lipinski definition) is 4. The Bertz CT molecular complexity index is 642. The maximum atomic E-state index is 5.85. The molecule has 0 amide bonds. The van der Waals surface area contributed by atoms with Crippen LogP contribution in [-0.4, -0.2) is 29.7 Å². The summed E-state index contributed by atoms with van der Waals surface area (Å²) in [4.78, 5) is 5.01. The predicted octanol–water partition coefficient (Wildman–Crippen LogP) is 2.95. The molecule has 1 aromatic heterocycles. The monoisotopic (exact) mass is 303 g/mol. The Balaban J connectivity index is 2.45. The van der Waals surface area contributed by atoms with Crippen molar-refractivity contribution in [2.24, 2.45) is 11.7 Å². The molecular formula is C16H21N3OS. The molecule has 0 spiro atoms. The van der Waals surface area contributed by atoms with E-state index in [1.54, 1.807) is 7.11 Å². The lowest BCUT2D eigenvalue weighted by molar-refractivity contribution is 0.171. The van der Waals surface area contributed by atoms with Gasteiger partial charge in [-0.15, -0.1) is 0 Å². The minimum atomic E-state index is 0.150. The fraction of sp³-hybridized carbons (Fsp3) is 0.375. The van der Waals surface area contributed by atoms with Crippen LogP contribution in [0.3, 0.4) is 0 Å². The highest BCUT2D eigenvalue weighted by Gasteiger charge is 2.17. The maximum absolute atomic E-state index is 5.85. The Labute approximate surface area is 130 Å². The smallest absolute Gasteiger partial charge is 0.137 e. The first-order valence-corrected chi connectivity index (χ1v) is 7.38. The first-order valence-electron chi connectivity index (χ1n) is 6.98. The number of nitrogens with one attached hydrogen (secondary N) is 1. The normalized spacial score (nSPS) is 12.6. The quantitative estimate of drug-likeness (QED) is 0.804. The highest BCUT2D eigenvalue weighted by atomic mass is 32.1. The van der Waals surface area contributed by atoms with Crippen molar-refractivity contribution in [1.82, 2.24) is 4.98 Å². The zero-order valence-electron chi connectivity index (χ0n) is 12.6. The van der Waals surface area contributed by atoms with Crippen molar-refractivity contribution < 1.29 is 4.74 Å². The van der Waals surface area contributed by atoms with E-state index in [2.05, 4.69) is 24.1 Å². The number of ether oxygens (including phenoxy) is 1. The van der Waals surface area contributed by atoms with E-state index in [1.165, 1.54) is 0 Å². The zero-order valence-corrected chi connectivity index (χ0v) is 13.4. The summed E-state index contributed by atoms with van der Waals surface area (Å²) in [6.07, 6.45) is 0. The van der Waals surface area contributed by atoms with Crippen molar-refractivity contribution in [3.63, 3.8) is 0 Å². The minimum Gasteiger partial charge on any atom is -0.389 e. The van der Waals surface area contributed by atoms with Gasteiger partial charge in [0.15, 0.2) is 0 Å². The lowest BCUT2D eigenvalue weighted by Crippen LogP contribution is -2.32. The number of para-hydroxylation sites is 1. The molecule has 21 heavy (non-hydrogen) atoms. The van der Waals surface area contributed by atoms with Gasteiger partial charge in [0, 0.05) is 12.5 Å². The van der Waals surface area contributed by atoms with Crippen LogP contribution in [0.5, 0.6) is 0 Å². The number of anilines is 1. The summed E-state index contributed by atoms with van der Waals surface area (Å²) in [5.41, 5.74) is 7.54. The van der Waals surface area contributed by atoms with Crippen LogP contribution in [0, 0.1) is 5.92 Å². The molecule has 0 aliphatic carbocycles. The molecule has 0 saturated carbocycles. The molecule has 0 radical (unpaired) electrons. The third-order valence-electron chi connectivity index (χ3n) is 3.46. The summed E-state index contributed by atoms with van der Waals surface area (Å²) >= 11 is 5.16. The van der Waals surface area contributed by atoms with Gasteiger partial charge in [-0.25, -0.2) is 4.98 Å². The van der Waals surface area contributed by atoms with Gasteiger partial charge in [0.1, 0.15) is 10.8 Å². The van der Waals surface area contributed by atoms with E-state index < -0.39 is 0 Å². The number of aromatic nitrogens is 1. The topological polar surface area (TPSA) is 60.2 Å². The molecule has 0 bridgehead atoms. The third kappa shape index (κ3) is 3.68. The number of fused-ring (bicyclic) bond motifs is 1. The second kappa shape index (κ2) is 6.83. The average Bonchev–Trinajstić information content (AvgIpc) is 2.45. The van der Waals surface area contributed by atoms with Crippen molar-refractivity contribution in [1.29, 1.82) is 0 Å². The van der Waals surface area contributed by atoms with Crippen molar-refractivity contribution in [2.45, 2.75) is 19.9 Å². The van der Waals surface area contributed by atoms with Gasteiger partial charge in [-0.2, -0.15) is 0 Å². The van der Waals surface area contributed by atoms with Crippen LogP contribution in [0.4, 0.5) is 5.82 Å². The lowest BCUT2D eigenvalue weighted by Gasteiger charge is -2.23. The van der Waals surface area contributed by atoms with E-state index in [4.69, 9.17) is 22.7 Å². The van der Waals surface area contributed by atoms with E-state index in [0.29, 0.717) is 17.5 Å². The Morgan fingerprint density at radius 3 is 2.71 bits per heavy atom. The standard InChI is InChI=1S/C16H21N3OS/c1-10(2)14(9-20-3)19-16-12(15(17)21)8-11-6-4-5-7-13(11)18-16/h4-8,10,14H,9H2,1-3H3,(H2,17,21)(H,18,19). The summed E-state index contributed by atoms with van der Waals surface area (Å²) in [5.74, 6) is 1.12. The van der Waals surface area contributed by atoms with Crippen LogP contribution in [0.2, 0.25) is 0 Å². The number of thiocarbonyl (C=S) groups is 1. The van der Waals surface area contributed by atoms with Crippen LogP contribution < -0.4 is 11.1 Å². The van der Waals surface area contributed by atoms with Gasteiger partial charge in [-0.1, -0.05) is 44.3 Å². The van der Waals surface area contributed by atoms with Crippen LogP contribution >= 0.6 is 12.2 Å². The van der Waals surface area contributed by atoms with Gasteiger partial charge in [0.2, 0.25) is 0 Å². The number of hydrogen-bond donors (Lipinski definition) is 2. The van der Waals surface area contributed by atoms with Crippen molar-refractivity contribution in [3.05, 3.63) is 35.9 Å². The largest absolute Gasteiger partial charge is 0.389 e. The molecule has 0 fully saturated rings. The highest BCUT2D eigenvalue weighted by Crippen LogP contribution is 2.22. The van der Waals surface area contributed by atoms with Crippen LogP contribution in [-0.2, 0) is 4.74 Å². The molecular weight excluding hydrogens is 282 g/mol. The first-order chi connectivity index (χ1) is 10.0. The summed E-state index contributed by atoms with van der Waals surface area (Å²) < 4.78 is 5.27. The number of nitrogens with zero attached hydrogens (tertiary/aromatic N) is 1. The zero-order chi connectivity index (χ0) is 15.4. The molecule has 2 aromatic rings. The van der Waals surface area contributed by atoms with Crippen LogP contribution in [0.1, 0.15) is 19.4 Å². The Hall–Kier alpha value is -1.72. The minimum absolute atomic E-state index is 0.150. The lowest BCUT2D eigenvalue weighted by atomic mass is 10.0. The van der Waals surface area contributed by atoms with Gasteiger partial charge in [-0.05, 0) is 18.1 Å². The van der Waals surface area contributed by atoms with E-state index in [-0.39, 0.29) is 6.04 Å². The molecule has 1 unspecified atom stereocenters. The maximum Gasteiger partial charge on any atom is 0.137 e. The second-order valence-corrected chi connectivity index (χ2v) is 5.83. The molecule has 0 aliphatic rings. The number of benzene rings is 1. The summed E-state index contributed by atoms with van der Waals surface area (Å²) in [5, 5.41) is 4.44. The van der Waals surface area contributed by atoms with E-state index in [9.17, 15) is 0 Å². The fourth-order valence-electron chi connectivity index (χ4n) is 2.17. The molecule has 1 aromatic carbocycles. The summed E-state index contributed by atoms with van der Waals surface area (Å²) in [7, 11) is 1.69. The second-order valence-electron chi connectivity index (χ2n) is 5.39. The van der Waals surface area contributed by atoms with Gasteiger partial charge in [0.25, 0.3) is 0 Å².